The molecule has 4 rings (SSSR count). The van der Waals surface area contributed by atoms with E-state index in [0.29, 0.717) is 40.6 Å². The highest BCUT2D eigenvalue weighted by Gasteiger charge is 2.30. The van der Waals surface area contributed by atoms with Crippen molar-refractivity contribution in [3.8, 4) is 28.5 Å². The van der Waals surface area contributed by atoms with Crippen LogP contribution in [0.1, 0.15) is 31.2 Å². The fourth-order valence-electron chi connectivity index (χ4n) is 4.27. The number of likely N-dealkylation sites (tertiary alicyclic amines) is 1. The van der Waals surface area contributed by atoms with E-state index >= 15 is 0 Å². The van der Waals surface area contributed by atoms with Crippen molar-refractivity contribution in [3.05, 3.63) is 48.0 Å². The summed E-state index contributed by atoms with van der Waals surface area (Å²) in [5.74, 6) is 1.68. The Bertz CT molecular complexity index is 1110. The molecule has 1 aromatic heterocycles. The molecule has 5 nitrogen and oxygen atoms in total. The Kier molecular flexibility index (Phi) is 7.46. The van der Waals surface area contributed by atoms with Gasteiger partial charge in [0, 0.05) is 29.6 Å². The molecular weight excluding hydrogens is 445 g/mol. The molecule has 0 saturated carbocycles. The normalized spacial score (nSPS) is 14.9. The topological polar surface area (TPSA) is 43.8 Å². The Morgan fingerprint density at radius 3 is 2.21 bits per heavy atom. The van der Waals surface area contributed by atoms with Crippen molar-refractivity contribution < 1.29 is 27.4 Å². The van der Waals surface area contributed by atoms with Crippen molar-refractivity contribution in [2.45, 2.75) is 31.9 Å². The molecule has 8 heteroatoms. The molecule has 0 aliphatic carbocycles. The predicted octanol–water partition coefficient (Wildman–Crippen LogP) is 6.19. The number of pyridine rings is 1. The smallest absolute Gasteiger partial charge is 0.416 e. The highest BCUT2D eigenvalue weighted by molar-refractivity contribution is 5.90. The zero-order valence-corrected chi connectivity index (χ0v) is 19.5. The summed E-state index contributed by atoms with van der Waals surface area (Å²) >= 11 is 0. The molecule has 3 aromatic rings. The third-order valence-corrected chi connectivity index (χ3v) is 6.11. The van der Waals surface area contributed by atoms with Crippen molar-refractivity contribution in [2.75, 3.05) is 40.5 Å². The van der Waals surface area contributed by atoms with Gasteiger partial charge in [0.15, 0.2) is 11.5 Å². The number of nitrogens with zero attached hydrogens (tertiary/aromatic N) is 2. The third-order valence-electron chi connectivity index (χ3n) is 6.11. The van der Waals surface area contributed by atoms with Crippen LogP contribution in [0.5, 0.6) is 17.2 Å². The number of alkyl halides is 3. The number of methoxy groups -OCH3 is 2. The number of rotatable bonds is 8. The summed E-state index contributed by atoms with van der Waals surface area (Å²) in [5, 5.41) is 0.756. The number of benzene rings is 2. The zero-order chi connectivity index (χ0) is 24.1. The van der Waals surface area contributed by atoms with E-state index in [1.54, 1.807) is 26.4 Å². The molecule has 1 saturated heterocycles. The quantitative estimate of drug-likeness (QED) is 0.364. The van der Waals surface area contributed by atoms with Gasteiger partial charge in [0.2, 0.25) is 0 Å². The van der Waals surface area contributed by atoms with Crippen LogP contribution in [0.2, 0.25) is 0 Å². The molecule has 2 heterocycles. The van der Waals surface area contributed by atoms with Gasteiger partial charge in [-0.15, -0.1) is 0 Å². The highest BCUT2D eigenvalue weighted by atomic mass is 19.4. The maximum atomic E-state index is 13.0. The fraction of sp³-hybridized carbons (Fsp3) is 0.423. The predicted molar refractivity (Wildman–Crippen MR) is 126 cm³/mol. The number of hydrogen-bond donors (Lipinski definition) is 0. The lowest BCUT2D eigenvalue weighted by atomic mass is 10.1. The van der Waals surface area contributed by atoms with E-state index in [9.17, 15) is 13.2 Å². The van der Waals surface area contributed by atoms with Crippen LogP contribution in [-0.2, 0) is 6.18 Å². The molecule has 0 atom stereocenters. The average Bonchev–Trinajstić information content (AvgIpc) is 2.85. The summed E-state index contributed by atoms with van der Waals surface area (Å²) in [6.07, 6.45) is 0.282. The van der Waals surface area contributed by atoms with Crippen LogP contribution in [0.4, 0.5) is 13.2 Å². The summed E-state index contributed by atoms with van der Waals surface area (Å²) in [6.45, 7) is 3.77. The minimum atomic E-state index is -4.39. The summed E-state index contributed by atoms with van der Waals surface area (Å²) in [6, 6.07) is 10.3. The monoisotopic (exact) mass is 474 g/mol. The van der Waals surface area contributed by atoms with E-state index in [1.165, 1.54) is 31.4 Å². The summed E-state index contributed by atoms with van der Waals surface area (Å²) < 4.78 is 56.0. The molecule has 1 fully saturated rings. The summed E-state index contributed by atoms with van der Waals surface area (Å²) in [7, 11) is 3.11. The van der Waals surface area contributed by atoms with Crippen LogP contribution in [0.15, 0.2) is 42.5 Å². The van der Waals surface area contributed by atoms with Crippen LogP contribution in [0, 0.1) is 0 Å². The van der Waals surface area contributed by atoms with Gasteiger partial charge in [-0.25, -0.2) is 4.98 Å². The Balaban J connectivity index is 1.63. The van der Waals surface area contributed by atoms with Gasteiger partial charge in [0.25, 0.3) is 0 Å². The number of piperidine rings is 1. The van der Waals surface area contributed by atoms with Crippen LogP contribution < -0.4 is 14.2 Å². The lowest BCUT2D eigenvalue weighted by Gasteiger charge is -2.26. The van der Waals surface area contributed by atoms with E-state index in [1.807, 2.05) is 6.07 Å². The first kappa shape index (κ1) is 24.1. The van der Waals surface area contributed by atoms with Crippen molar-refractivity contribution in [3.63, 3.8) is 0 Å². The van der Waals surface area contributed by atoms with Gasteiger partial charge in [-0.2, -0.15) is 13.2 Å². The fourth-order valence-corrected chi connectivity index (χ4v) is 4.27. The van der Waals surface area contributed by atoms with Crippen LogP contribution in [0.25, 0.3) is 22.2 Å². The Hall–Kier alpha value is -3.00. The van der Waals surface area contributed by atoms with Crippen molar-refractivity contribution in [2.24, 2.45) is 0 Å². The first-order valence-electron chi connectivity index (χ1n) is 11.5. The Labute approximate surface area is 197 Å². The molecule has 2 aromatic carbocycles. The number of ether oxygens (including phenoxy) is 3. The van der Waals surface area contributed by atoms with Gasteiger partial charge in [-0.05, 0) is 50.6 Å². The van der Waals surface area contributed by atoms with Crippen molar-refractivity contribution in [1.29, 1.82) is 0 Å². The molecule has 0 radical (unpaired) electrons. The van der Waals surface area contributed by atoms with Crippen LogP contribution >= 0.6 is 0 Å². The maximum Gasteiger partial charge on any atom is 0.416 e. The van der Waals surface area contributed by atoms with Gasteiger partial charge >= 0.3 is 6.18 Å². The van der Waals surface area contributed by atoms with Gasteiger partial charge in [0.1, 0.15) is 5.75 Å². The van der Waals surface area contributed by atoms with E-state index in [-0.39, 0.29) is 0 Å². The molecule has 1 aliphatic heterocycles. The number of aromatic nitrogens is 1. The first-order valence-corrected chi connectivity index (χ1v) is 11.5. The molecular formula is C26H29F3N2O3. The van der Waals surface area contributed by atoms with Crippen molar-refractivity contribution >= 4 is 10.9 Å². The minimum Gasteiger partial charge on any atom is -0.493 e. The third kappa shape index (κ3) is 5.55. The van der Waals surface area contributed by atoms with Crippen LogP contribution in [-0.4, -0.2) is 50.3 Å². The second kappa shape index (κ2) is 10.5. The molecule has 0 bridgehead atoms. The number of halogens is 3. The minimum absolute atomic E-state index is 0.517. The van der Waals surface area contributed by atoms with Crippen molar-refractivity contribution in [1.82, 2.24) is 9.88 Å². The molecule has 1 aliphatic rings. The van der Waals surface area contributed by atoms with E-state index in [4.69, 9.17) is 14.2 Å². The largest absolute Gasteiger partial charge is 0.493 e. The lowest BCUT2D eigenvalue weighted by Crippen LogP contribution is -2.31. The molecule has 0 unspecified atom stereocenters. The molecule has 34 heavy (non-hydrogen) atoms. The maximum absolute atomic E-state index is 13.0. The summed E-state index contributed by atoms with van der Waals surface area (Å²) in [5.41, 5.74) is 1.01. The van der Waals surface area contributed by atoms with E-state index in [2.05, 4.69) is 9.88 Å². The van der Waals surface area contributed by atoms with E-state index in [0.717, 1.165) is 43.6 Å². The second-order valence-corrected chi connectivity index (χ2v) is 8.41. The molecule has 0 spiro atoms. The lowest BCUT2D eigenvalue weighted by molar-refractivity contribution is -0.137. The zero-order valence-electron chi connectivity index (χ0n) is 19.5. The van der Waals surface area contributed by atoms with Gasteiger partial charge in [-0.1, -0.05) is 18.6 Å². The SMILES string of the molecule is COc1cc2nc(-c3ccc(C(F)(F)F)cc3)cc(OCCCN3CCCCC3)c2cc1OC. The first-order chi connectivity index (χ1) is 16.4. The van der Waals surface area contributed by atoms with Gasteiger partial charge < -0.3 is 19.1 Å². The summed E-state index contributed by atoms with van der Waals surface area (Å²) in [4.78, 5) is 7.14. The molecule has 182 valence electrons. The van der Waals surface area contributed by atoms with E-state index < -0.39 is 11.7 Å². The standard InChI is InChI=1S/C26H29F3N2O3/c1-32-24-15-20-22(17-25(24)33-2)30-21(18-7-9-19(10-8-18)26(27,28)29)16-23(20)34-14-6-13-31-11-4-3-5-12-31/h7-10,15-17H,3-6,11-14H2,1-2H3. The average molecular weight is 475 g/mol. The second-order valence-electron chi connectivity index (χ2n) is 8.41. The molecule has 0 N–H and O–H groups in total. The highest BCUT2D eigenvalue weighted by Crippen LogP contribution is 2.38. The van der Waals surface area contributed by atoms with Gasteiger partial charge in [0.05, 0.1) is 37.6 Å². The number of fused-ring (bicyclic) bond motifs is 1. The molecule has 0 amide bonds. The number of hydrogen-bond acceptors (Lipinski definition) is 5. The van der Waals surface area contributed by atoms with Crippen LogP contribution in [0.3, 0.4) is 0 Å². The Morgan fingerprint density at radius 2 is 1.56 bits per heavy atom. The van der Waals surface area contributed by atoms with Gasteiger partial charge in [-0.3, -0.25) is 0 Å². The Morgan fingerprint density at radius 1 is 0.882 bits per heavy atom.